The predicted molar refractivity (Wildman–Crippen MR) is 126 cm³/mol. The van der Waals surface area contributed by atoms with E-state index in [9.17, 15) is 20.3 Å². The monoisotopic (exact) mass is 520 g/mol. The van der Waals surface area contributed by atoms with Crippen molar-refractivity contribution in [3.05, 3.63) is 103 Å². The van der Waals surface area contributed by atoms with Crippen LogP contribution in [0.3, 0.4) is 0 Å². The standard InChI is InChI=1S/C23H22BrClN2O5/c24-18-5-10-22(32-14-15-1-6-19(25)7-2-15)17(11-18)12-26-21(13-28)23(29)16-3-8-20(9-4-16)27(30)31/h1-11,21,23,26,28-29H,12-14H2. The summed E-state index contributed by atoms with van der Waals surface area (Å²) in [6, 6.07) is 17.9. The summed E-state index contributed by atoms with van der Waals surface area (Å²) in [6.07, 6.45) is -1.05. The maximum Gasteiger partial charge on any atom is 0.269 e. The summed E-state index contributed by atoms with van der Waals surface area (Å²) >= 11 is 9.38. The number of nitro benzene ring substituents is 1. The summed E-state index contributed by atoms with van der Waals surface area (Å²) < 4.78 is 6.84. The summed E-state index contributed by atoms with van der Waals surface area (Å²) in [5.41, 5.74) is 2.21. The second-order valence-corrected chi connectivity index (χ2v) is 8.48. The van der Waals surface area contributed by atoms with E-state index in [1.54, 1.807) is 12.1 Å². The highest BCUT2D eigenvalue weighted by atomic mass is 79.9. The maximum absolute atomic E-state index is 10.8. The van der Waals surface area contributed by atoms with Gasteiger partial charge in [0.25, 0.3) is 5.69 Å². The normalized spacial score (nSPS) is 12.9. The SMILES string of the molecule is O=[N+]([O-])c1ccc(C(O)C(CO)NCc2cc(Br)ccc2OCc2ccc(Cl)cc2)cc1. The van der Waals surface area contributed by atoms with Gasteiger partial charge in [-0.25, -0.2) is 0 Å². The zero-order valence-corrected chi connectivity index (χ0v) is 19.3. The number of aliphatic hydroxyl groups is 2. The van der Waals surface area contributed by atoms with Crippen molar-refractivity contribution in [3.8, 4) is 5.75 Å². The molecule has 2 atom stereocenters. The van der Waals surface area contributed by atoms with Gasteiger partial charge in [-0.3, -0.25) is 10.1 Å². The van der Waals surface area contributed by atoms with Crippen molar-refractivity contribution in [2.24, 2.45) is 0 Å². The van der Waals surface area contributed by atoms with E-state index in [2.05, 4.69) is 21.2 Å². The van der Waals surface area contributed by atoms with Gasteiger partial charge < -0.3 is 20.3 Å². The molecule has 32 heavy (non-hydrogen) atoms. The Bertz CT molecular complexity index is 1050. The minimum Gasteiger partial charge on any atom is -0.489 e. The van der Waals surface area contributed by atoms with Gasteiger partial charge in [0.15, 0.2) is 0 Å². The number of non-ortho nitro benzene ring substituents is 1. The third kappa shape index (κ3) is 6.51. The van der Waals surface area contributed by atoms with Gasteiger partial charge in [0.05, 0.1) is 23.7 Å². The average molecular weight is 522 g/mol. The van der Waals surface area contributed by atoms with Crippen molar-refractivity contribution in [2.75, 3.05) is 6.61 Å². The molecule has 3 N–H and O–H groups in total. The molecule has 9 heteroatoms. The predicted octanol–water partition coefficient (Wildman–Crippen LogP) is 4.77. The Morgan fingerprint density at radius 2 is 1.78 bits per heavy atom. The highest BCUT2D eigenvalue weighted by Gasteiger charge is 2.21. The molecule has 3 rings (SSSR count). The molecule has 3 aromatic carbocycles. The molecule has 0 aliphatic heterocycles. The molecule has 0 fully saturated rings. The topological polar surface area (TPSA) is 105 Å². The van der Waals surface area contributed by atoms with Crippen LogP contribution in [0, 0.1) is 10.1 Å². The van der Waals surface area contributed by atoms with Gasteiger partial charge >= 0.3 is 0 Å². The molecule has 0 heterocycles. The van der Waals surface area contributed by atoms with Crippen molar-refractivity contribution in [1.82, 2.24) is 5.32 Å². The lowest BCUT2D eigenvalue weighted by atomic mass is 10.0. The first-order valence-corrected chi connectivity index (χ1v) is 11.0. The highest BCUT2D eigenvalue weighted by Crippen LogP contribution is 2.26. The molecule has 0 radical (unpaired) electrons. The lowest BCUT2D eigenvalue weighted by molar-refractivity contribution is -0.384. The van der Waals surface area contributed by atoms with E-state index >= 15 is 0 Å². The van der Waals surface area contributed by atoms with Crippen molar-refractivity contribution in [3.63, 3.8) is 0 Å². The minimum atomic E-state index is -1.05. The number of nitrogens with one attached hydrogen (secondary N) is 1. The van der Waals surface area contributed by atoms with Crippen LogP contribution in [0.15, 0.2) is 71.2 Å². The summed E-state index contributed by atoms with van der Waals surface area (Å²) in [6.45, 7) is 0.360. The number of hydrogen-bond donors (Lipinski definition) is 3. The van der Waals surface area contributed by atoms with Gasteiger partial charge in [0.1, 0.15) is 12.4 Å². The number of nitro groups is 1. The lowest BCUT2D eigenvalue weighted by Gasteiger charge is -2.23. The number of ether oxygens (including phenoxy) is 1. The van der Waals surface area contributed by atoms with Gasteiger partial charge in [0, 0.05) is 33.7 Å². The molecule has 0 saturated heterocycles. The van der Waals surface area contributed by atoms with Crippen LogP contribution < -0.4 is 10.1 Å². The minimum absolute atomic E-state index is 0.0638. The molecule has 0 spiro atoms. The smallest absolute Gasteiger partial charge is 0.269 e. The van der Waals surface area contributed by atoms with Crippen LogP contribution in [0.5, 0.6) is 5.75 Å². The Labute approximate surface area is 198 Å². The average Bonchev–Trinajstić information content (AvgIpc) is 2.80. The van der Waals surface area contributed by atoms with E-state index in [0.717, 1.165) is 15.6 Å². The second kappa shape index (κ2) is 11.4. The Morgan fingerprint density at radius 1 is 1.09 bits per heavy atom. The van der Waals surface area contributed by atoms with E-state index in [0.29, 0.717) is 29.5 Å². The van der Waals surface area contributed by atoms with Gasteiger partial charge in [0.2, 0.25) is 0 Å². The summed E-state index contributed by atoms with van der Waals surface area (Å²) in [5.74, 6) is 0.664. The second-order valence-electron chi connectivity index (χ2n) is 7.13. The lowest BCUT2D eigenvalue weighted by Crippen LogP contribution is -2.37. The molecule has 0 aliphatic carbocycles. The molecule has 0 aliphatic rings. The van der Waals surface area contributed by atoms with E-state index in [4.69, 9.17) is 16.3 Å². The number of hydrogen-bond acceptors (Lipinski definition) is 6. The Balaban J connectivity index is 1.67. The van der Waals surface area contributed by atoms with E-state index < -0.39 is 17.1 Å². The molecular formula is C23H22BrClN2O5. The first kappa shape index (κ1) is 24.2. The third-order valence-electron chi connectivity index (χ3n) is 4.91. The van der Waals surface area contributed by atoms with Crippen molar-refractivity contribution < 1.29 is 19.9 Å². The van der Waals surface area contributed by atoms with Gasteiger partial charge in [-0.15, -0.1) is 0 Å². The molecular weight excluding hydrogens is 500 g/mol. The largest absolute Gasteiger partial charge is 0.489 e. The van der Waals surface area contributed by atoms with Gasteiger partial charge in [-0.05, 0) is 53.6 Å². The fourth-order valence-corrected chi connectivity index (χ4v) is 3.65. The molecule has 0 amide bonds. The van der Waals surface area contributed by atoms with Crippen molar-refractivity contribution in [2.45, 2.75) is 25.3 Å². The maximum atomic E-state index is 10.8. The molecule has 0 aromatic heterocycles. The van der Waals surface area contributed by atoms with E-state index in [1.165, 1.54) is 24.3 Å². The number of benzene rings is 3. The van der Waals surface area contributed by atoms with Crippen molar-refractivity contribution >= 4 is 33.2 Å². The van der Waals surface area contributed by atoms with Crippen molar-refractivity contribution in [1.29, 1.82) is 0 Å². The highest BCUT2D eigenvalue weighted by molar-refractivity contribution is 9.10. The zero-order valence-electron chi connectivity index (χ0n) is 16.9. The fraction of sp³-hybridized carbons (Fsp3) is 0.217. The van der Waals surface area contributed by atoms with Crippen LogP contribution in [0.1, 0.15) is 22.8 Å². The fourth-order valence-electron chi connectivity index (χ4n) is 3.11. The Kier molecular flexibility index (Phi) is 8.60. The van der Waals surface area contributed by atoms with Crippen LogP contribution in [0.4, 0.5) is 5.69 Å². The molecule has 3 aromatic rings. The number of rotatable bonds is 10. The molecule has 7 nitrogen and oxygen atoms in total. The summed E-state index contributed by atoms with van der Waals surface area (Å²) in [4.78, 5) is 10.3. The summed E-state index contributed by atoms with van der Waals surface area (Å²) in [5, 5.41) is 35.1. The van der Waals surface area contributed by atoms with Crippen LogP contribution in [-0.2, 0) is 13.2 Å². The molecule has 168 valence electrons. The summed E-state index contributed by atoms with van der Waals surface area (Å²) in [7, 11) is 0. The quantitative estimate of drug-likeness (QED) is 0.262. The number of aliphatic hydroxyl groups excluding tert-OH is 2. The molecule has 0 bridgehead atoms. The van der Waals surface area contributed by atoms with Crippen LogP contribution in [0.2, 0.25) is 5.02 Å². The van der Waals surface area contributed by atoms with E-state index in [1.807, 2.05) is 30.3 Å². The van der Waals surface area contributed by atoms with E-state index in [-0.39, 0.29) is 12.3 Å². The van der Waals surface area contributed by atoms with Crippen LogP contribution in [0.25, 0.3) is 0 Å². The first-order valence-electron chi connectivity index (χ1n) is 9.79. The molecule has 0 saturated carbocycles. The van der Waals surface area contributed by atoms with Gasteiger partial charge in [-0.1, -0.05) is 39.7 Å². The van der Waals surface area contributed by atoms with Gasteiger partial charge in [-0.2, -0.15) is 0 Å². The zero-order chi connectivity index (χ0) is 23.1. The Morgan fingerprint density at radius 3 is 2.41 bits per heavy atom. The van der Waals surface area contributed by atoms with Crippen LogP contribution in [-0.4, -0.2) is 27.8 Å². The molecule has 2 unspecified atom stereocenters. The number of nitrogens with zero attached hydrogens (tertiary/aromatic N) is 1. The number of halogens is 2. The van der Waals surface area contributed by atoms with Crippen LogP contribution >= 0.6 is 27.5 Å². The third-order valence-corrected chi connectivity index (χ3v) is 5.65. The first-order chi connectivity index (χ1) is 15.4. The Hall–Kier alpha value is -2.49.